The minimum atomic E-state index is -0.562. The van der Waals surface area contributed by atoms with Gasteiger partial charge in [0.25, 0.3) is 0 Å². The van der Waals surface area contributed by atoms with Crippen LogP contribution in [0.25, 0.3) is 10.9 Å². The summed E-state index contributed by atoms with van der Waals surface area (Å²) in [4.78, 5) is 30.8. The van der Waals surface area contributed by atoms with Gasteiger partial charge in [-0.25, -0.2) is 14.2 Å². The summed E-state index contributed by atoms with van der Waals surface area (Å²) in [6.07, 6.45) is 3.12. The standard InChI is InChI=1S/C21H22BrFIN3O3S/c1-21(2,3)30-20(29)27-7-9-5-13(27)16(9)25-17-10-6-12(24)14(22)15(23)18(10)26-19(31-4)11(17)8-28/h6,8-9,13,16H,5,7H2,1-4H3,(H,25,26)/t9-,13-,16+/m1/s1. The van der Waals surface area contributed by atoms with Gasteiger partial charge in [0.1, 0.15) is 16.1 Å². The quantitative estimate of drug-likeness (QED) is 0.205. The van der Waals surface area contributed by atoms with Gasteiger partial charge < -0.3 is 15.0 Å². The van der Waals surface area contributed by atoms with Gasteiger partial charge in [0.05, 0.1) is 27.8 Å². The Kier molecular flexibility index (Phi) is 6.19. The molecule has 0 unspecified atom stereocenters. The molecular weight excluding hydrogens is 600 g/mol. The molecule has 0 spiro atoms. The first-order valence-corrected chi connectivity index (χ1v) is 12.9. The number of nitrogens with zero attached hydrogens (tertiary/aromatic N) is 2. The third-order valence-corrected chi connectivity index (χ3v) is 8.73. The highest BCUT2D eigenvalue weighted by Crippen LogP contribution is 2.45. The number of aromatic nitrogens is 1. The van der Waals surface area contributed by atoms with E-state index >= 15 is 4.39 Å². The van der Waals surface area contributed by atoms with Crippen LogP contribution in [0, 0.1) is 15.3 Å². The molecule has 3 aliphatic rings. The average Bonchev–Trinajstić information content (AvgIpc) is 3.28. The molecule has 1 aliphatic carbocycles. The van der Waals surface area contributed by atoms with Crippen LogP contribution in [0.3, 0.4) is 0 Å². The number of amides is 1. The van der Waals surface area contributed by atoms with Crippen LogP contribution in [-0.4, -0.2) is 52.7 Å². The van der Waals surface area contributed by atoms with E-state index < -0.39 is 11.4 Å². The van der Waals surface area contributed by atoms with Crippen molar-refractivity contribution in [1.82, 2.24) is 9.88 Å². The van der Waals surface area contributed by atoms with Gasteiger partial charge >= 0.3 is 6.09 Å². The zero-order valence-corrected chi connectivity index (χ0v) is 22.0. The number of hydrogen-bond donors (Lipinski definition) is 1. The molecule has 2 saturated heterocycles. The second-order valence-corrected chi connectivity index (χ2v) is 11.5. The van der Waals surface area contributed by atoms with E-state index in [1.165, 1.54) is 11.8 Å². The first-order chi connectivity index (χ1) is 14.6. The molecule has 0 radical (unpaired) electrons. The van der Waals surface area contributed by atoms with Crippen LogP contribution in [0.2, 0.25) is 0 Å². The maximum absolute atomic E-state index is 15.0. The van der Waals surface area contributed by atoms with E-state index in [9.17, 15) is 9.59 Å². The molecule has 5 rings (SSSR count). The summed E-state index contributed by atoms with van der Waals surface area (Å²) < 4.78 is 21.6. The van der Waals surface area contributed by atoms with E-state index in [1.54, 1.807) is 4.90 Å². The van der Waals surface area contributed by atoms with Crippen molar-refractivity contribution in [3.05, 3.63) is 25.5 Å². The first kappa shape index (κ1) is 23.0. The highest BCUT2D eigenvalue weighted by Gasteiger charge is 2.55. The van der Waals surface area contributed by atoms with Gasteiger partial charge in [0, 0.05) is 21.4 Å². The molecule has 1 saturated carbocycles. The number of rotatable bonds is 4. The molecule has 1 N–H and O–H groups in total. The lowest BCUT2D eigenvalue weighted by atomic mass is 9.79. The van der Waals surface area contributed by atoms with Gasteiger partial charge in [-0.2, -0.15) is 0 Å². The molecule has 2 aliphatic heterocycles. The fourth-order valence-electron chi connectivity index (χ4n) is 4.25. The van der Waals surface area contributed by atoms with Crippen molar-refractivity contribution in [3.8, 4) is 0 Å². The van der Waals surface area contributed by atoms with Crippen molar-refractivity contribution in [2.75, 3.05) is 18.1 Å². The van der Waals surface area contributed by atoms with E-state index in [4.69, 9.17) is 4.74 Å². The molecule has 166 valence electrons. The van der Waals surface area contributed by atoms with Crippen molar-refractivity contribution in [2.24, 2.45) is 5.92 Å². The second kappa shape index (κ2) is 8.33. The molecule has 6 nitrogen and oxygen atoms in total. The van der Waals surface area contributed by atoms with Crippen LogP contribution in [-0.2, 0) is 4.74 Å². The van der Waals surface area contributed by atoms with Gasteiger partial charge in [0.2, 0.25) is 0 Å². The van der Waals surface area contributed by atoms with Gasteiger partial charge in [-0.05, 0) is 78.0 Å². The van der Waals surface area contributed by atoms with Crippen LogP contribution in [0.15, 0.2) is 15.6 Å². The molecule has 10 heteroatoms. The summed E-state index contributed by atoms with van der Waals surface area (Å²) in [5.74, 6) is -0.206. The number of carbonyl (C=O) groups is 2. The molecule has 3 atom stereocenters. The van der Waals surface area contributed by atoms with Crippen LogP contribution >= 0.6 is 50.3 Å². The zero-order valence-electron chi connectivity index (χ0n) is 17.5. The predicted molar refractivity (Wildman–Crippen MR) is 132 cm³/mol. The summed E-state index contributed by atoms with van der Waals surface area (Å²) in [5.41, 5.74) is 0.626. The first-order valence-electron chi connectivity index (χ1n) is 9.82. The van der Waals surface area contributed by atoms with Crippen LogP contribution in [0.5, 0.6) is 0 Å². The van der Waals surface area contributed by atoms with E-state index in [0.29, 0.717) is 36.3 Å². The van der Waals surface area contributed by atoms with E-state index in [-0.39, 0.29) is 29.6 Å². The number of benzene rings is 1. The highest BCUT2D eigenvalue weighted by atomic mass is 127. The Morgan fingerprint density at radius 2 is 2.19 bits per heavy atom. The zero-order chi connectivity index (χ0) is 22.7. The Balaban J connectivity index is 1.72. The monoisotopic (exact) mass is 621 g/mol. The van der Waals surface area contributed by atoms with Crippen molar-refractivity contribution < 1.29 is 18.7 Å². The molecular formula is C21H22BrFIN3O3S. The molecule has 3 fully saturated rings. The number of ether oxygens (including phenoxy) is 1. The SMILES string of the molecule is CSc1nc2c(F)c(Br)c(I)cc2c(N[C@H]2[C@@H]3C[C@H]2N(C(=O)OC(C)(C)C)C3)c1C=O. The number of hydrogen-bond acceptors (Lipinski definition) is 6. The molecule has 1 aromatic heterocycles. The topological polar surface area (TPSA) is 71.5 Å². The highest BCUT2D eigenvalue weighted by molar-refractivity contribution is 14.1. The second-order valence-electron chi connectivity index (χ2n) is 8.78. The van der Waals surface area contributed by atoms with E-state index in [2.05, 4.69) is 48.8 Å². The average molecular weight is 622 g/mol. The molecule has 1 amide bonds. The maximum Gasteiger partial charge on any atom is 0.410 e. The van der Waals surface area contributed by atoms with Crippen molar-refractivity contribution in [1.29, 1.82) is 0 Å². The van der Waals surface area contributed by atoms with E-state index in [1.807, 2.05) is 33.1 Å². The van der Waals surface area contributed by atoms with Crippen LogP contribution in [0.4, 0.5) is 14.9 Å². The third-order valence-electron chi connectivity index (χ3n) is 5.67. The van der Waals surface area contributed by atoms with Crippen molar-refractivity contribution >= 4 is 79.3 Å². The number of fused-ring (bicyclic) bond motifs is 2. The van der Waals surface area contributed by atoms with Crippen molar-refractivity contribution in [3.63, 3.8) is 0 Å². The summed E-state index contributed by atoms with van der Waals surface area (Å²) >= 11 is 6.63. The minimum absolute atomic E-state index is 0.0281. The number of nitrogens with one attached hydrogen (secondary N) is 1. The largest absolute Gasteiger partial charge is 0.444 e. The molecule has 2 bridgehead atoms. The smallest absolute Gasteiger partial charge is 0.410 e. The molecule has 3 heterocycles. The Hall–Kier alpha value is -1.14. The van der Waals surface area contributed by atoms with Crippen molar-refractivity contribution in [2.45, 2.75) is 49.9 Å². The summed E-state index contributed by atoms with van der Waals surface area (Å²) in [5, 5.41) is 4.50. The van der Waals surface area contributed by atoms with Crippen LogP contribution < -0.4 is 5.32 Å². The summed E-state index contributed by atoms with van der Waals surface area (Å²) in [6, 6.07) is 1.76. The minimum Gasteiger partial charge on any atom is -0.444 e. The fraction of sp³-hybridized carbons (Fsp3) is 0.476. The third kappa shape index (κ3) is 4.03. The van der Waals surface area contributed by atoms with Gasteiger partial charge in [-0.15, -0.1) is 11.8 Å². The maximum atomic E-state index is 15.0. The Labute approximate surface area is 206 Å². The number of halogens is 3. The number of thioether (sulfide) groups is 1. The number of pyridine rings is 1. The normalized spacial score (nSPS) is 22.4. The lowest BCUT2D eigenvalue weighted by Crippen LogP contribution is -2.50. The van der Waals surface area contributed by atoms with Crippen LogP contribution in [0.1, 0.15) is 37.6 Å². The van der Waals surface area contributed by atoms with E-state index in [0.717, 1.165) is 12.7 Å². The molecule has 31 heavy (non-hydrogen) atoms. The number of anilines is 1. The number of aldehydes is 1. The Morgan fingerprint density at radius 1 is 1.48 bits per heavy atom. The Morgan fingerprint density at radius 3 is 2.81 bits per heavy atom. The lowest BCUT2D eigenvalue weighted by molar-refractivity contribution is 0.0239. The number of carbonyl (C=O) groups excluding carboxylic acids is 2. The Bertz CT molecular complexity index is 1090. The lowest BCUT2D eigenvalue weighted by Gasteiger charge is -2.38. The van der Waals surface area contributed by atoms with Gasteiger partial charge in [0.15, 0.2) is 12.1 Å². The van der Waals surface area contributed by atoms with Gasteiger partial charge in [-0.3, -0.25) is 4.79 Å². The van der Waals surface area contributed by atoms with Gasteiger partial charge in [-0.1, -0.05) is 0 Å². The molecule has 2 aromatic rings. The molecule has 1 aromatic carbocycles. The summed E-state index contributed by atoms with van der Waals surface area (Å²) in [7, 11) is 0. The predicted octanol–water partition coefficient (Wildman–Crippen LogP) is 5.70. The summed E-state index contributed by atoms with van der Waals surface area (Å²) in [6.45, 7) is 6.14. The fourth-order valence-corrected chi connectivity index (χ4v) is 5.65.